The molecule has 25 heteroatoms. The van der Waals surface area contributed by atoms with Gasteiger partial charge in [0.25, 0.3) is 0 Å². The lowest BCUT2D eigenvalue weighted by Gasteiger charge is -2.21. The molecule has 0 heterocycles. The van der Waals surface area contributed by atoms with Crippen molar-refractivity contribution >= 4 is 69.4 Å². The molecule has 0 radical (unpaired) electrons. The van der Waals surface area contributed by atoms with E-state index in [2.05, 4.69) is 172 Å². The number of rotatable bonds is 40. The lowest BCUT2D eigenvalue weighted by Crippen LogP contribution is -2.41. The molecule has 0 atom stereocenters. The van der Waals surface area contributed by atoms with Gasteiger partial charge in [-0.25, -0.2) is 73.1 Å². The van der Waals surface area contributed by atoms with Gasteiger partial charge in [0.2, 0.25) is 30.1 Å². The van der Waals surface area contributed by atoms with Crippen molar-refractivity contribution in [3.05, 3.63) is 35.8 Å². The Hall–Kier alpha value is -1.29. The SMILES string of the molecule is CC(C)(C)C/C=C/CCCS(=O)(=O)NC(C)(C)C.CC(C)(C)CC/C=C/CS(=O)(=O)CC(C)(C)C.CC(C)(C)CCC/C=C/S(=O)(=O)CC(C)(C)C.CC(C)(C)CCCCCCS(=O)(=O)NC(C)(C)C.CC(C)(C)CCCCCS(=O)(=O)CC(C)(C)C.CC(C)(C)CCCCS(=O)(=O)NC(C)(C)C.CC(C)(C)COCCCS(=O)(=O)CC(C)(C)C. The molecule has 0 spiro atoms. The van der Waals surface area contributed by atoms with Gasteiger partial charge < -0.3 is 4.74 Å². The van der Waals surface area contributed by atoms with Gasteiger partial charge in [-0.2, -0.15) is 0 Å². The van der Waals surface area contributed by atoms with E-state index in [1.807, 2.05) is 151 Å². The minimum Gasteiger partial charge on any atom is -0.381 e. The predicted octanol–water partition coefficient (Wildman–Crippen LogP) is 25.1. The summed E-state index contributed by atoms with van der Waals surface area (Å²) < 4.78 is 178. The molecule has 0 bridgehead atoms. The topological polar surface area (TPSA) is 284 Å². The third-order valence-corrected chi connectivity index (χ3v) is 29.2. The van der Waals surface area contributed by atoms with Gasteiger partial charge in [-0.15, -0.1) is 0 Å². The van der Waals surface area contributed by atoms with Gasteiger partial charge in [0.15, 0.2) is 39.3 Å². The molecule has 0 unspecified atom stereocenters. The van der Waals surface area contributed by atoms with Crippen molar-refractivity contribution in [3.8, 4) is 0 Å². The maximum Gasteiger partial charge on any atom is 0.212 e. The van der Waals surface area contributed by atoms with E-state index in [-0.39, 0.29) is 89.7 Å². The van der Waals surface area contributed by atoms with Gasteiger partial charge >= 0.3 is 0 Å². The Bertz CT molecular complexity index is 3540. The third kappa shape index (κ3) is 125. The first kappa shape index (κ1) is 132. The summed E-state index contributed by atoms with van der Waals surface area (Å²) >= 11 is 0. The van der Waals surface area contributed by atoms with E-state index in [0.717, 1.165) is 103 Å². The largest absolute Gasteiger partial charge is 0.381 e. The smallest absolute Gasteiger partial charge is 0.212 e. The van der Waals surface area contributed by atoms with Crippen LogP contribution in [0.3, 0.4) is 0 Å². The van der Waals surface area contributed by atoms with Gasteiger partial charge in [-0.1, -0.05) is 297 Å². The number of hydrogen-bond acceptors (Lipinski definition) is 15. The molecular formula is C95H201N3O15S7. The monoisotopic (exact) mass is 1850 g/mol. The zero-order valence-corrected chi connectivity index (χ0v) is 92.0. The Morgan fingerprint density at radius 3 is 0.850 bits per heavy atom. The van der Waals surface area contributed by atoms with Crippen LogP contribution in [0.4, 0.5) is 0 Å². The molecule has 0 aliphatic carbocycles. The summed E-state index contributed by atoms with van der Waals surface area (Å²) in [5.41, 5.74) is 0.398. The van der Waals surface area contributed by atoms with Gasteiger partial charge in [-0.3, -0.25) is 0 Å². The van der Waals surface area contributed by atoms with Crippen molar-refractivity contribution in [2.75, 3.05) is 70.7 Å². The van der Waals surface area contributed by atoms with Crippen LogP contribution in [-0.2, 0) is 74.2 Å². The number of unbranched alkanes of at least 4 members (excludes halogenated alkanes) is 8. The number of sulfone groups is 4. The van der Waals surface area contributed by atoms with Crippen LogP contribution in [0, 0.1) is 59.6 Å². The summed E-state index contributed by atoms with van der Waals surface area (Å²) in [6, 6.07) is 0. The van der Waals surface area contributed by atoms with Gasteiger partial charge in [0.1, 0.15) is 0 Å². The van der Waals surface area contributed by atoms with Crippen LogP contribution in [-0.4, -0.2) is 146 Å². The van der Waals surface area contributed by atoms with E-state index >= 15 is 0 Å². The van der Waals surface area contributed by atoms with Crippen LogP contribution in [0.1, 0.15) is 426 Å². The fraction of sp³-hybridized carbons (Fsp3) is 0.937. The molecule has 120 heavy (non-hydrogen) atoms. The Morgan fingerprint density at radius 2 is 0.517 bits per heavy atom. The summed E-state index contributed by atoms with van der Waals surface area (Å²) in [5.74, 6) is 2.47. The molecule has 0 aromatic heterocycles. The molecule has 0 aromatic carbocycles. The Labute approximate surface area is 750 Å². The van der Waals surface area contributed by atoms with E-state index in [1.165, 1.54) is 24.7 Å². The minimum absolute atomic E-state index is 0.121. The highest BCUT2D eigenvalue weighted by atomic mass is 32.2. The van der Waals surface area contributed by atoms with Crippen LogP contribution in [0.25, 0.3) is 0 Å². The first-order valence-electron chi connectivity index (χ1n) is 44.8. The van der Waals surface area contributed by atoms with Crippen molar-refractivity contribution in [3.63, 3.8) is 0 Å². The summed E-state index contributed by atoms with van der Waals surface area (Å²) in [6.07, 6.45) is 30.2. The average molecular weight is 1850 g/mol. The Kier molecular flexibility index (Phi) is 62.6. The van der Waals surface area contributed by atoms with Gasteiger partial charge in [0.05, 0.1) is 64.1 Å². The van der Waals surface area contributed by atoms with Crippen molar-refractivity contribution in [1.82, 2.24) is 14.2 Å². The van der Waals surface area contributed by atoms with Crippen LogP contribution in [0.15, 0.2) is 35.8 Å². The first-order valence-corrected chi connectivity index (χ1v) is 57.0. The standard InChI is InChI=1S/C14H31NO2S.C14H29NO2S.C14H30O2S.2C14H28O2S.C13H28O3S.C12H27NO2S/c2*1-13(2,3)11-9-7-8-10-12-18(16,17)15-14(4,5)6;3*1-13(2,3)10-8-7-9-11-17(15,16)12-14(4,5)6;1-12(2,3)10-16-8-7-9-17(14,15)11-13(4,5)6;1-11(2,3)9-7-8-10-16(14,15)13-12(4,5)6/h15H,7-12H2,1-6H3;7,9,15H,8,10-12H2,1-6H3;7-12H2,1-6H3;9,11H,7-8,10,12H2,1-6H3;7,9H,8,10-12H2,1-6H3;7-11H2,1-6H3;13H,7-10H2,1-6H3/b;9-7+;;11-9+;9-7+;;. The molecule has 0 fully saturated rings. The second-order valence-electron chi connectivity index (χ2n) is 50.2. The highest BCUT2D eigenvalue weighted by Gasteiger charge is 2.27. The molecule has 0 aliphatic heterocycles. The predicted molar refractivity (Wildman–Crippen MR) is 529 cm³/mol. The van der Waals surface area contributed by atoms with Gasteiger partial charge in [-0.05, 0) is 218 Å². The van der Waals surface area contributed by atoms with E-state index in [1.54, 1.807) is 12.2 Å². The Balaban J connectivity index is -0.000000248. The second kappa shape index (κ2) is 57.0. The van der Waals surface area contributed by atoms with Crippen molar-refractivity contribution < 1.29 is 63.7 Å². The quantitative estimate of drug-likeness (QED) is 0.0380. The van der Waals surface area contributed by atoms with Crippen molar-refractivity contribution in [1.29, 1.82) is 0 Å². The summed E-state index contributed by atoms with van der Waals surface area (Å²) in [5, 5.41) is 1.39. The second-order valence-corrected chi connectivity index (χ2v) is 64.0. The lowest BCUT2D eigenvalue weighted by atomic mass is 9.89. The molecule has 3 N–H and O–H groups in total. The molecular weight excluding hydrogens is 1650 g/mol. The first-order chi connectivity index (χ1) is 52.4. The highest BCUT2D eigenvalue weighted by Crippen LogP contribution is 2.28. The van der Waals surface area contributed by atoms with Gasteiger partial charge in [0, 0.05) is 28.6 Å². The lowest BCUT2D eigenvalue weighted by molar-refractivity contribution is 0.0720. The molecule has 728 valence electrons. The number of ether oxygens (including phenoxy) is 1. The highest BCUT2D eigenvalue weighted by molar-refractivity contribution is 7.94. The van der Waals surface area contributed by atoms with Crippen LogP contribution < -0.4 is 14.2 Å². The fourth-order valence-corrected chi connectivity index (χ4v) is 23.9. The number of allylic oxidation sites excluding steroid dienone is 4. The van der Waals surface area contributed by atoms with Crippen LogP contribution in [0.2, 0.25) is 0 Å². The summed E-state index contributed by atoms with van der Waals surface area (Å²) in [4.78, 5) is 0. The average Bonchev–Trinajstić information content (AvgIpc) is 0.917. The molecule has 0 aromatic rings. The third-order valence-electron chi connectivity index (χ3n) is 15.7. The van der Waals surface area contributed by atoms with Crippen molar-refractivity contribution in [2.24, 2.45) is 59.6 Å². The zero-order valence-electron chi connectivity index (χ0n) is 86.3. The molecule has 18 nitrogen and oxygen atoms in total. The van der Waals surface area contributed by atoms with E-state index < -0.39 is 69.4 Å². The molecule has 0 saturated heterocycles. The van der Waals surface area contributed by atoms with Crippen LogP contribution in [0.5, 0.6) is 0 Å². The van der Waals surface area contributed by atoms with E-state index in [9.17, 15) is 58.9 Å². The number of sulfonamides is 3. The van der Waals surface area contributed by atoms with E-state index in [4.69, 9.17) is 4.74 Å². The number of hydrogen-bond donors (Lipinski definition) is 3. The molecule has 0 rings (SSSR count). The molecule has 0 amide bonds. The maximum absolute atomic E-state index is 11.8. The molecule has 0 aliphatic rings. The summed E-state index contributed by atoms with van der Waals surface area (Å²) in [7, 11) is -21.1. The molecule has 0 saturated carbocycles. The Morgan fingerprint density at radius 1 is 0.233 bits per heavy atom. The normalized spacial score (nSPS) is 14.2. The minimum atomic E-state index is -3.14. The van der Waals surface area contributed by atoms with E-state index in [0.29, 0.717) is 70.1 Å². The fourth-order valence-electron chi connectivity index (χ4n) is 11.3. The summed E-state index contributed by atoms with van der Waals surface area (Å²) in [6.45, 7) is 87.4. The van der Waals surface area contributed by atoms with Crippen LogP contribution >= 0.6 is 0 Å². The number of nitrogens with one attached hydrogen (secondary N) is 3. The van der Waals surface area contributed by atoms with Crippen molar-refractivity contribution in [2.45, 2.75) is 442 Å². The zero-order chi connectivity index (χ0) is 96.9. The maximum atomic E-state index is 11.8.